The first-order valence-corrected chi connectivity index (χ1v) is 10.5. The van der Waals surface area contributed by atoms with E-state index >= 15 is 0 Å². The van der Waals surface area contributed by atoms with Gasteiger partial charge in [-0.05, 0) is 54.7 Å². The average Bonchev–Trinajstić information content (AvgIpc) is 2.72. The van der Waals surface area contributed by atoms with E-state index in [4.69, 9.17) is 4.74 Å². The van der Waals surface area contributed by atoms with Gasteiger partial charge in [-0.3, -0.25) is 19.0 Å². The van der Waals surface area contributed by atoms with Crippen LogP contribution in [0.4, 0.5) is 5.69 Å². The van der Waals surface area contributed by atoms with Crippen molar-refractivity contribution in [3.05, 3.63) is 87.3 Å². The number of pyridine rings is 1. The summed E-state index contributed by atoms with van der Waals surface area (Å²) < 4.78 is 6.96. The average molecular weight is 431 g/mol. The molecule has 0 radical (unpaired) electrons. The van der Waals surface area contributed by atoms with Crippen LogP contribution in [0.3, 0.4) is 0 Å². The smallest absolute Gasteiger partial charge is 0.268 e. The third kappa shape index (κ3) is 3.96. The molecule has 0 saturated heterocycles. The third-order valence-electron chi connectivity index (χ3n) is 5.74. The molecule has 1 heterocycles. The molecule has 0 unspecified atom stereocenters. The number of Topliss-reactive ketones (excluding diaryl/α,β-unsaturated/α-hetero) is 1. The van der Waals surface area contributed by atoms with Crippen molar-refractivity contribution in [1.82, 2.24) is 4.57 Å². The molecule has 1 N–H and O–H groups in total. The molecule has 3 aromatic rings. The van der Waals surface area contributed by atoms with E-state index in [1.807, 2.05) is 45.0 Å². The number of anilines is 1. The van der Waals surface area contributed by atoms with E-state index in [0.717, 1.165) is 5.56 Å². The summed E-state index contributed by atoms with van der Waals surface area (Å²) in [5, 5.41) is 2.79. The number of para-hydroxylation sites is 2. The number of fused-ring (bicyclic) bond motifs is 1. The highest BCUT2D eigenvalue weighted by Crippen LogP contribution is 2.36. The summed E-state index contributed by atoms with van der Waals surface area (Å²) in [5.41, 5.74) is 2.23. The predicted molar refractivity (Wildman–Crippen MR) is 124 cm³/mol. The number of ether oxygens (including phenoxy) is 1. The van der Waals surface area contributed by atoms with Gasteiger partial charge >= 0.3 is 0 Å². The number of hydrogen-bond acceptors (Lipinski definition) is 4. The van der Waals surface area contributed by atoms with E-state index in [1.54, 1.807) is 24.3 Å². The zero-order chi connectivity index (χ0) is 23.0. The monoisotopic (exact) mass is 430 g/mol. The molecule has 1 aliphatic carbocycles. The molecule has 0 fully saturated rings. The highest BCUT2D eigenvalue weighted by Gasteiger charge is 2.35. The summed E-state index contributed by atoms with van der Waals surface area (Å²) in [6.07, 6.45) is 0.879. The zero-order valence-corrected chi connectivity index (χ0v) is 18.7. The van der Waals surface area contributed by atoms with Crippen LogP contribution in [-0.2, 0) is 6.42 Å². The van der Waals surface area contributed by atoms with Crippen molar-refractivity contribution < 1.29 is 14.3 Å². The third-order valence-corrected chi connectivity index (χ3v) is 5.74. The van der Waals surface area contributed by atoms with E-state index in [1.165, 1.54) is 17.7 Å². The lowest BCUT2D eigenvalue weighted by Crippen LogP contribution is -2.37. The Balaban J connectivity index is 1.94. The first kappa shape index (κ1) is 21.6. The second-order valence-corrected chi connectivity index (χ2v) is 9.00. The van der Waals surface area contributed by atoms with E-state index in [-0.39, 0.29) is 16.8 Å². The molecular weight excluding hydrogens is 404 g/mol. The van der Waals surface area contributed by atoms with E-state index < -0.39 is 11.5 Å². The lowest BCUT2D eigenvalue weighted by atomic mass is 9.75. The molecule has 6 nitrogen and oxygen atoms in total. The van der Waals surface area contributed by atoms with Gasteiger partial charge in [0.1, 0.15) is 11.3 Å². The number of benzene rings is 2. The number of hydrogen-bond donors (Lipinski definition) is 1. The van der Waals surface area contributed by atoms with Gasteiger partial charge in [0, 0.05) is 23.4 Å². The van der Waals surface area contributed by atoms with Gasteiger partial charge in [-0.1, -0.05) is 38.1 Å². The quantitative estimate of drug-likeness (QED) is 0.658. The molecule has 164 valence electrons. The van der Waals surface area contributed by atoms with Crippen molar-refractivity contribution in [1.29, 1.82) is 0 Å². The first-order chi connectivity index (χ1) is 15.2. The van der Waals surface area contributed by atoms with Crippen LogP contribution in [0.25, 0.3) is 5.69 Å². The molecule has 0 aliphatic heterocycles. The van der Waals surface area contributed by atoms with Gasteiger partial charge in [-0.15, -0.1) is 0 Å². The Labute approximate surface area is 186 Å². The van der Waals surface area contributed by atoms with Crippen LogP contribution in [-0.4, -0.2) is 23.4 Å². The summed E-state index contributed by atoms with van der Waals surface area (Å²) in [6.45, 7) is 5.93. The minimum atomic E-state index is -0.551. The lowest BCUT2D eigenvalue weighted by molar-refractivity contribution is 0.0908. The maximum atomic E-state index is 13.7. The molecule has 32 heavy (non-hydrogen) atoms. The molecule has 0 atom stereocenters. The fraction of sp³-hybridized carbons (Fsp3) is 0.269. The second kappa shape index (κ2) is 8.11. The summed E-state index contributed by atoms with van der Waals surface area (Å²) in [4.78, 5) is 39.8. The summed E-state index contributed by atoms with van der Waals surface area (Å²) >= 11 is 0. The number of aromatic nitrogens is 1. The maximum absolute atomic E-state index is 13.7. The zero-order valence-electron chi connectivity index (χ0n) is 18.7. The van der Waals surface area contributed by atoms with Crippen LogP contribution in [0.1, 0.15) is 52.2 Å². The molecule has 1 aromatic heterocycles. The predicted octanol–water partition coefficient (Wildman–Crippen LogP) is 4.56. The number of carbonyl (C=O) groups excluding carboxylic acids is 2. The van der Waals surface area contributed by atoms with Gasteiger partial charge in [-0.2, -0.15) is 0 Å². The fourth-order valence-corrected chi connectivity index (χ4v) is 4.27. The minimum Gasteiger partial charge on any atom is -0.495 e. The topological polar surface area (TPSA) is 77.4 Å². The minimum absolute atomic E-state index is 0.0792. The van der Waals surface area contributed by atoms with Crippen molar-refractivity contribution in [3.8, 4) is 11.4 Å². The van der Waals surface area contributed by atoms with Crippen LogP contribution in [0, 0.1) is 12.3 Å². The van der Waals surface area contributed by atoms with Gasteiger partial charge in [0.2, 0.25) is 0 Å². The number of aryl methyl sites for hydroxylation is 1. The molecule has 1 aliphatic rings. The van der Waals surface area contributed by atoms with Crippen LogP contribution >= 0.6 is 0 Å². The van der Waals surface area contributed by atoms with Crippen molar-refractivity contribution in [2.24, 2.45) is 5.41 Å². The van der Waals surface area contributed by atoms with Gasteiger partial charge in [0.25, 0.3) is 11.5 Å². The Kier molecular flexibility index (Phi) is 5.46. The molecule has 1 amide bonds. The van der Waals surface area contributed by atoms with Crippen molar-refractivity contribution in [2.45, 2.75) is 33.6 Å². The second-order valence-electron chi connectivity index (χ2n) is 9.00. The number of carbonyl (C=O) groups is 2. The van der Waals surface area contributed by atoms with Crippen molar-refractivity contribution >= 4 is 17.4 Å². The van der Waals surface area contributed by atoms with E-state index in [0.29, 0.717) is 41.2 Å². The molecule has 2 aromatic carbocycles. The largest absolute Gasteiger partial charge is 0.495 e. The van der Waals surface area contributed by atoms with E-state index in [2.05, 4.69) is 5.32 Å². The highest BCUT2D eigenvalue weighted by molar-refractivity contribution is 6.07. The van der Waals surface area contributed by atoms with Gasteiger partial charge in [-0.25, -0.2) is 0 Å². The normalized spacial score (nSPS) is 14.6. The van der Waals surface area contributed by atoms with Gasteiger partial charge in [0.05, 0.1) is 12.8 Å². The molecule has 0 bridgehead atoms. The molecule has 0 spiro atoms. The standard InChI is InChI=1S/C26H26N2O4/c1-16-8-7-9-17(12-16)27-24(30)19-13-18-21(14-26(2,3)15-22(18)29)28(25(19)31)20-10-5-6-11-23(20)32-4/h5-13H,14-15H2,1-4H3,(H,27,30). The summed E-state index contributed by atoms with van der Waals surface area (Å²) in [7, 11) is 1.53. The van der Waals surface area contributed by atoms with Crippen molar-refractivity contribution in [2.75, 3.05) is 12.4 Å². The number of rotatable bonds is 4. The molecule has 6 heteroatoms. The Hall–Kier alpha value is -3.67. The van der Waals surface area contributed by atoms with Gasteiger partial charge in [0.15, 0.2) is 5.78 Å². The first-order valence-electron chi connectivity index (χ1n) is 10.5. The maximum Gasteiger partial charge on any atom is 0.268 e. The van der Waals surface area contributed by atoms with Crippen LogP contribution < -0.4 is 15.6 Å². The number of amides is 1. The SMILES string of the molecule is COc1ccccc1-n1c2c(cc(C(=O)Nc3cccc(C)c3)c1=O)C(=O)CC(C)(C)C2. The van der Waals surface area contributed by atoms with Crippen molar-refractivity contribution in [3.63, 3.8) is 0 Å². The molecule has 0 saturated carbocycles. The Morgan fingerprint density at radius 3 is 2.50 bits per heavy atom. The number of ketones is 1. The number of nitrogens with zero attached hydrogens (tertiary/aromatic N) is 1. The lowest BCUT2D eigenvalue weighted by Gasteiger charge is -2.32. The molecule has 4 rings (SSSR count). The van der Waals surface area contributed by atoms with Gasteiger partial charge < -0.3 is 10.1 Å². The van der Waals surface area contributed by atoms with Crippen LogP contribution in [0.5, 0.6) is 5.75 Å². The Bertz CT molecular complexity index is 1290. The number of methoxy groups -OCH3 is 1. The van der Waals surface area contributed by atoms with Crippen LogP contribution in [0.15, 0.2) is 59.4 Å². The Morgan fingerprint density at radius 1 is 1.03 bits per heavy atom. The highest BCUT2D eigenvalue weighted by atomic mass is 16.5. The summed E-state index contributed by atoms with van der Waals surface area (Å²) in [5.74, 6) is -0.141. The number of nitrogens with one attached hydrogen (secondary N) is 1. The van der Waals surface area contributed by atoms with Crippen LogP contribution in [0.2, 0.25) is 0 Å². The summed E-state index contributed by atoms with van der Waals surface area (Å²) in [6, 6.07) is 15.9. The molecular formula is C26H26N2O4. The Morgan fingerprint density at radius 2 is 1.78 bits per heavy atom. The van der Waals surface area contributed by atoms with E-state index in [9.17, 15) is 14.4 Å². The fourth-order valence-electron chi connectivity index (χ4n) is 4.27.